The van der Waals surface area contributed by atoms with E-state index in [9.17, 15) is 15.0 Å². The van der Waals surface area contributed by atoms with Crippen LogP contribution in [0.3, 0.4) is 0 Å². The minimum absolute atomic E-state index is 0.0172. The van der Waals surface area contributed by atoms with Crippen LogP contribution in [0.15, 0.2) is 63.7 Å². The third kappa shape index (κ3) is 3.90. The normalized spacial score (nSPS) is 17.0. The van der Waals surface area contributed by atoms with Crippen LogP contribution in [0.2, 0.25) is 0 Å². The van der Waals surface area contributed by atoms with Crippen molar-refractivity contribution in [2.75, 3.05) is 7.11 Å². The standard InChI is InChI=1S/C21H19NO4S/c1-12-8-9-14(16(23)10-12)11-17-19(24)18(21(25)26-3)20(27-17)22-15-7-5-4-6-13(15)2/h4-11,23-24H,1-3H3/b17-11+,22-20?. The number of thioether (sulfide) groups is 1. The van der Waals surface area contributed by atoms with Gasteiger partial charge in [0, 0.05) is 5.56 Å². The number of nitrogens with zero attached hydrogens (tertiary/aromatic N) is 1. The first-order chi connectivity index (χ1) is 12.9. The molecule has 5 nitrogen and oxygen atoms in total. The fraction of sp³-hybridized carbons (Fsp3) is 0.143. The molecule has 138 valence electrons. The maximum atomic E-state index is 12.2. The third-order valence-electron chi connectivity index (χ3n) is 4.09. The Morgan fingerprint density at radius 1 is 1.15 bits per heavy atom. The molecule has 27 heavy (non-hydrogen) atoms. The molecule has 1 aliphatic heterocycles. The van der Waals surface area contributed by atoms with Gasteiger partial charge in [0.15, 0.2) is 0 Å². The van der Waals surface area contributed by atoms with Gasteiger partial charge in [0.2, 0.25) is 0 Å². The summed E-state index contributed by atoms with van der Waals surface area (Å²) in [6.45, 7) is 3.79. The SMILES string of the molecule is COC(=O)C1=C(O)/C(=C\c2ccc(C)cc2O)SC1=Nc1ccccc1C. The van der Waals surface area contributed by atoms with Gasteiger partial charge in [-0.3, -0.25) is 0 Å². The predicted molar refractivity (Wildman–Crippen MR) is 108 cm³/mol. The highest BCUT2D eigenvalue weighted by Gasteiger charge is 2.33. The maximum absolute atomic E-state index is 12.2. The Bertz CT molecular complexity index is 1000. The molecule has 0 atom stereocenters. The Hall–Kier alpha value is -2.99. The van der Waals surface area contributed by atoms with E-state index in [1.807, 2.05) is 44.2 Å². The number of carbonyl (C=O) groups excluding carboxylic acids is 1. The van der Waals surface area contributed by atoms with Crippen LogP contribution in [0.25, 0.3) is 6.08 Å². The van der Waals surface area contributed by atoms with E-state index in [0.717, 1.165) is 22.9 Å². The summed E-state index contributed by atoms with van der Waals surface area (Å²) in [5, 5.41) is 21.1. The number of benzene rings is 2. The number of aryl methyl sites for hydroxylation is 2. The van der Waals surface area contributed by atoms with Gasteiger partial charge in [-0.1, -0.05) is 42.1 Å². The van der Waals surface area contributed by atoms with Crippen molar-refractivity contribution < 1.29 is 19.7 Å². The highest BCUT2D eigenvalue weighted by Crippen LogP contribution is 2.41. The third-order valence-corrected chi connectivity index (χ3v) is 5.11. The quantitative estimate of drug-likeness (QED) is 0.746. The van der Waals surface area contributed by atoms with Crippen molar-refractivity contribution in [2.45, 2.75) is 13.8 Å². The molecule has 3 rings (SSSR count). The first-order valence-electron chi connectivity index (χ1n) is 8.26. The average molecular weight is 381 g/mol. The molecule has 0 saturated heterocycles. The number of rotatable bonds is 3. The first-order valence-corrected chi connectivity index (χ1v) is 9.08. The lowest BCUT2D eigenvalue weighted by Crippen LogP contribution is -2.10. The van der Waals surface area contributed by atoms with Crippen LogP contribution in [0.4, 0.5) is 5.69 Å². The average Bonchev–Trinajstić information content (AvgIpc) is 2.94. The molecule has 0 aliphatic carbocycles. The van der Waals surface area contributed by atoms with Gasteiger partial charge in [0.25, 0.3) is 0 Å². The molecule has 1 heterocycles. The van der Waals surface area contributed by atoms with Gasteiger partial charge in [-0.25, -0.2) is 9.79 Å². The lowest BCUT2D eigenvalue weighted by atomic mass is 10.1. The van der Waals surface area contributed by atoms with Gasteiger partial charge in [0.05, 0.1) is 17.7 Å². The number of aliphatic imine (C=N–C) groups is 1. The van der Waals surface area contributed by atoms with Crippen LogP contribution in [-0.2, 0) is 9.53 Å². The van der Waals surface area contributed by atoms with E-state index in [1.54, 1.807) is 18.2 Å². The molecule has 1 aliphatic rings. The Kier molecular flexibility index (Phi) is 5.37. The van der Waals surface area contributed by atoms with Crippen molar-refractivity contribution in [1.82, 2.24) is 0 Å². The van der Waals surface area contributed by atoms with Crippen molar-refractivity contribution in [2.24, 2.45) is 4.99 Å². The Morgan fingerprint density at radius 3 is 2.56 bits per heavy atom. The number of hydrogen-bond acceptors (Lipinski definition) is 6. The Morgan fingerprint density at radius 2 is 1.89 bits per heavy atom. The zero-order valence-electron chi connectivity index (χ0n) is 15.2. The van der Waals surface area contributed by atoms with Gasteiger partial charge >= 0.3 is 5.97 Å². The van der Waals surface area contributed by atoms with Crippen molar-refractivity contribution in [1.29, 1.82) is 0 Å². The number of esters is 1. The number of aliphatic hydroxyl groups excluding tert-OH is 1. The van der Waals surface area contributed by atoms with E-state index in [2.05, 4.69) is 4.99 Å². The van der Waals surface area contributed by atoms with Crippen molar-refractivity contribution in [3.63, 3.8) is 0 Å². The lowest BCUT2D eigenvalue weighted by Gasteiger charge is -2.04. The highest BCUT2D eigenvalue weighted by atomic mass is 32.2. The van der Waals surface area contributed by atoms with Crippen LogP contribution in [-0.4, -0.2) is 28.3 Å². The summed E-state index contributed by atoms with van der Waals surface area (Å²) in [6, 6.07) is 12.8. The summed E-state index contributed by atoms with van der Waals surface area (Å²) in [5.74, 6) is -0.775. The summed E-state index contributed by atoms with van der Waals surface area (Å²) >= 11 is 1.16. The van der Waals surface area contributed by atoms with Crippen LogP contribution in [0.1, 0.15) is 16.7 Å². The minimum atomic E-state index is -0.663. The van der Waals surface area contributed by atoms with E-state index in [-0.39, 0.29) is 17.1 Å². The minimum Gasteiger partial charge on any atom is -0.507 e. The largest absolute Gasteiger partial charge is 0.507 e. The fourth-order valence-corrected chi connectivity index (χ4v) is 3.62. The number of para-hydroxylation sites is 1. The molecule has 0 bridgehead atoms. The molecular weight excluding hydrogens is 362 g/mol. The van der Waals surface area contributed by atoms with Crippen molar-refractivity contribution >= 4 is 34.5 Å². The van der Waals surface area contributed by atoms with Gasteiger partial charge < -0.3 is 14.9 Å². The second-order valence-corrected chi connectivity index (χ2v) is 7.12. The van der Waals surface area contributed by atoms with E-state index >= 15 is 0 Å². The molecule has 0 saturated carbocycles. The van der Waals surface area contributed by atoms with E-state index in [0.29, 0.717) is 21.2 Å². The molecule has 2 aromatic carbocycles. The Balaban J connectivity index is 2.09. The van der Waals surface area contributed by atoms with Gasteiger partial charge in [-0.05, 0) is 43.2 Å². The van der Waals surface area contributed by atoms with Crippen LogP contribution in [0, 0.1) is 13.8 Å². The summed E-state index contributed by atoms with van der Waals surface area (Å²) in [6.07, 6.45) is 1.62. The molecule has 0 fully saturated rings. The number of carbonyl (C=O) groups is 1. The number of aromatic hydroxyl groups is 1. The topological polar surface area (TPSA) is 79.1 Å². The van der Waals surface area contributed by atoms with Gasteiger partial charge in [-0.2, -0.15) is 0 Å². The fourth-order valence-electron chi connectivity index (χ4n) is 2.61. The van der Waals surface area contributed by atoms with Crippen LogP contribution < -0.4 is 0 Å². The van der Waals surface area contributed by atoms with Crippen molar-refractivity contribution in [3.8, 4) is 5.75 Å². The molecule has 0 unspecified atom stereocenters. The molecule has 2 N–H and O–H groups in total. The molecule has 0 aromatic heterocycles. The van der Waals surface area contributed by atoms with Gasteiger partial charge in [-0.15, -0.1) is 0 Å². The summed E-state index contributed by atoms with van der Waals surface area (Å²) < 4.78 is 4.81. The van der Waals surface area contributed by atoms with E-state index in [1.165, 1.54) is 7.11 Å². The molecule has 0 spiro atoms. The number of ether oxygens (including phenoxy) is 1. The summed E-state index contributed by atoms with van der Waals surface area (Å²) in [5.41, 5.74) is 3.13. The summed E-state index contributed by atoms with van der Waals surface area (Å²) in [7, 11) is 1.26. The van der Waals surface area contributed by atoms with Crippen LogP contribution in [0.5, 0.6) is 5.75 Å². The molecule has 0 radical (unpaired) electrons. The Labute approximate surface area is 161 Å². The smallest absolute Gasteiger partial charge is 0.344 e. The lowest BCUT2D eigenvalue weighted by molar-refractivity contribution is -0.135. The molecule has 6 heteroatoms. The first kappa shape index (κ1) is 18.8. The predicted octanol–water partition coefficient (Wildman–Crippen LogP) is 4.81. The number of phenols is 1. The number of phenolic OH excluding ortho intramolecular Hbond substituents is 1. The zero-order chi connectivity index (χ0) is 19.6. The van der Waals surface area contributed by atoms with E-state index in [4.69, 9.17) is 4.74 Å². The second kappa shape index (κ2) is 7.72. The number of hydrogen-bond donors (Lipinski definition) is 2. The molecule has 2 aromatic rings. The number of aliphatic hydroxyl groups is 1. The monoisotopic (exact) mass is 381 g/mol. The maximum Gasteiger partial charge on any atom is 0.344 e. The van der Waals surface area contributed by atoms with Crippen molar-refractivity contribution in [3.05, 3.63) is 75.4 Å². The van der Waals surface area contributed by atoms with E-state index < -0.39 is 5.97 Å². The highest BCUT2D eigenvalue weighted by molar-refractivity contribution is 8.18. The molecular formula is C21H19NO4S. The second-order valence-electron chi connectivity index (χ2n) is 6.09. The van der Waals surface area contributed by atoms with Gasteiger partial charge in [0.1, 0.15) is 22.1 Å². The zero-order valence-corrected chi connectivity index (χ0v) is 16.0. The summed E-state index contributed by atoms with van der Waals surface area (Å²) in [4.78, 5) is 17.2. The number of methoxy groups -OCH3 is 1. The molecule has 0 amide bonds. The van der Waals surface area contributed by atoms with Crippen LogP contribution >= 0.6 is 11.8 Å².